The fourth-order valence-corrected chi connectivity index (χ4v) is 3.07. The Labute approximate surface area is 164 Å². The van der Waals surface area contributed by atoms with Gasteiger partial charge in [-0.15, -0.1) is 0 Å². The first-order chi connectivity index (χ1) is 13.4. The summed E-state index contributed by atoms with van der Waals surface area (Å²) in [7, 11) is 0. The van der Waals surface area contributed by atoms with Crippen LogP contribution >= 0.6 is 0 Å². The summed E-state index contributed by atoms with van der Waals surface area (Å²) in [6.07, 6.45) is 3.58. The summed E-state index contributed by atoms with van der Waals surface area (Å²) in [4.78, 5) is 36.2. The highest BCUT2D eigenvalue weighted by Gasteiger charge is 2.21. The fourth-order valence-electron chi connectivity index (χ4n) is 3.07. The molecule has 0 bridgehead atoms. The maximum Gasteiger partial charge on any atom is 0.251 e. The predicted molar refractivity (Wildman–Crippen MR) is 109 cm³/mol. The van der Waals surface area contributed by atoms with E-state index in [0.717, 1.165) is 16.7 Å². The van der Waals surface area contributed by atoms with Crippen LogP contribution in [0.1, 0.15) is 36.7 Å². The first-order valence-electron chi connectivity index (χ1n) is 9.29. The molecule has 0 aliphatic rings. The van der Waals surface area contributed by atoms with Crippen molar-refractivity contribution in [3.8, 4) is 11.4 Å². The van der Waals surface area contributed by atoms with E-state index in [4.69, 9.17) is 0 Å². The summed E-state index contributed by atoms with van der Waals surface area (Å²) in [6.45, 7) is 5.98. The number of hydrogen-bond acceptors (Lipinski definition) is 4. The molecule has 0 saturated heterocycles. The molecule has 1 amide bonds. The summed E-state index contributed by atoms with van der Waals surface area (Å²) < 4.78 is 0. The molecule has 0 spiro atoms. The second-order valence-electron chi connectivity index (χ2n) is 7.15. The molecule has 0 fully saturated rings. The Morgan fingerprint density at radius 3 is 2.54 bits per heavy atom. The lowest BCUT2D eigenvalue weighted by atomic mass is 9.99. The van der Waals surface area contributed by atoms with Gasteiger partial charge >= 0.3 is 0 Å². The van der Waals surface area contributed by atoms with Gasteiger partial charge in [0.15, 0.2) is 0 Å². The lowest BCUT2D eigenvalue weighted by molar-refractivity contribution is -0.121. The van der Waals surface area contributed by atoms with Crippen LogP contribution in [0, 0.1) is 12.8 Å². The Bertz CT molecular complexity index is 1010. The van der Waals surface area contributed by atoms with Gasteiger partial charge in [0.25, 0.3) is 5.56 Å². The second-order valence-corrected chi connectivity index (χ2v) is 7.15. The first-order valence-corrected chi connectivity index (χ1v) is 9.29. The quantitative estimate of drug-likeness (QED) is 0.692. The van der Waals surface area contributed by atoms with Crippen molar-refractivity contribution in [2.75, 3.05) is 0 Å². The van der Waals surface area contributed by atoms with Crippen molar-refractivity contribution in [2.24, 2.45) is 5.92 Å². The molecule has 0 saturated carbocycles. The van der Waals surface area contributed by atoms with Crippen molar-refractivity contribution in [3.05, 3.63) is 82.0 Å². The summed E-state index contributed by atoms with van der Waals surface area (Å²) >= 11 is 0. The molecule has 0 unspecified atom stereocenters. The zero-order chi connectivity index (χ0) is 20.1. The van der Waals surface area contributed by atoms with E-state index >= 15 is 0 Å². The summed E-state index contributed by atoms with van der Waals surface area (Å²) in [5.74, 6) is 0.435. The van der Waals surface area contributed by atoms with Gasteiger partial charge in [-0.1, -0.05) is 38.1 Å². The zero-order valence-electron chi connectivity index (χ0n) is 16.3. The molecule has 6 nitrogen and oxygen atoms in total. The summed E-state index contributed by atoms with van der Waals surface area (Å²) in [5.41, 5.74) is 3.12. The fraction of sp³-hybridized carbons (Fsp3) is 0.273. The number of aromatic nitrogens is 3. The van der Waals surface area contributed by atoms with Crippen molar-refractivity contribution in [3.63, 3.8) is 0 Å². The SMILES string of the molecule is Cc1ccccc1CC(=O)N[C@@H](c1cc(=O)[nH]c(-c2ccncc2)n1)C(C)C. The van der Waals surface area contributed by atoms with Crippen LogP contribution in [-0.2, 0) is 11.2 Å². The highest BCUT2D eigenvalue weighted by atomic mass is 16.1. The molecule has 1 aromatic carbocycles. The van der Waals surface area contributed by atoms with Crippen molar-refractivity contribution in [1.82, 2.24) is 20.3 Å². The van der Waals surface area contributed by atoms with Crippen molar-refractivity contribution >= 4 is 5.91 Å². The van der Waals surface area contributed by atoms with Gasteiger partial charge in [-0.05, 0) is 36.1 Å². The van der Waals surface area contributed by atoms with Gasteiger partial charge in [0.05, 0.1) is 18.2 Å². The van der Waals surface area contributed by atoms with Crippen LogP contribution in [0.2, 0.25) is 0 Å². The molecule has 1 atom stereocenters. The van der Waals surface area contributed by atoms with Crippen LogP contribution in [0.4, 0.5) is 0 Å². The number of pyridine rings is 1. The van der Waals surface area contributed by atoms with E-state index in [1.54, 1.807) is 24.5 Å². The van der Waals surface area contributed by atoms with E-state index in [0.29, 0.717) is 11.5 Å². The van der Waals surface area contributed by atoms with Crippen LogP contribution < -0.4 is 10.9 Å². The molecular weight excluding hydrogens is 352 g/mol. The van der Waals surface area contributed by atoms with E-state index in [1.165, 1.54) is 6.07 Å². The van der Waals surface area contributed by atoms with Crippen LogP contribution in [0.25, 0.3) is 11.4 Å². The molecule has 0 radical (unpaired) electrons. The Morgan fingerprint density at radius 2 is 1.86 bits per heavy atom. The largest absolute Gasteiger partial charge is 0.347 e. The number of nitrogens with zero attached hydrogens (tertiary/aromatic N) is 2. The minimum atomic E-state index is -0.362. The monoisotopic (exact) mass is 376 g/mol. The lowest BCUT2D eigenvalue weighted by Gasteiger charge is -2.22. The van der Waals surface area contributed by atoms with E-state index in [1.807, 2.05) is 45.0 Å². The van der Waals surface area contributed by atoms with Crippen LogP contribution in [0.15, 0.2) is 59.7 Å². The zero-order valence-corrected chi connectivity index (χ0v) is 16.3. The van der Waals surface area contributed by atoms with E-state index < -0.39 is 0 Å². The number of nitrogens with one attached hydrogen (secondary N) is 2. The van der Waals surface area contributed by atoms with Gasteiger partial charge in [0, 0.05) is 24.0 Å². The third kappa shape index (κ3) is 4.71. The van der Waals surface area contributed by atoms with Crippen LogP contribution in [-0.4, -0.2) is 20.9 Å². The molecule has 0 aliphatic carbocycles. The summed E-state index contributed by atoms with van der Waals surface area (Å²) in [5, 5.41) is 3.05. The van der Waals surface area contributed by atoms with Gasteiger partial charge in [-0.3, -0.25) is 14.6 Å². The topological polar surface area (TPSA) is 87.7 Å². The molecule has 2 heterocycles. The normalized spacial score (nSPS) is 12.0. The average Bonchev–Trinajstić information content (AvgIpc) is 2.68. The number of amides is 1. The lowest BCUT2D eigenvalue weighted by Crippen LogP contribution is -2.34. The number of aryl methyl sites for hydroxylation is 1. The molecule has 2 N–H and O–H groups in total. The molecule has 2 aromatic heterocycles. The smallest absolute Gasteiger partial charge is 0.251 e. The summed E-state index contributed by atoms with van der Waals surface area (Å²) in [6, 6.07) is 12.5. The predicted octanol–water partition coefficient (Wildman–Crippen LogP) is 3.20. The molecule has 144 valence electrons. The van der Waals surface area contributed by atoms with E-state index in [9.17, 15) is 9.59 Å². The minimum absolute atomic E-state index is 0.0698. The van der Waals surface area contributed by atoms with Crippen molar-refractivity contribution in [1.29, 1.82) is 0 Å². The van der Waals surface area contributed by atoms with E-state index in [2.05, 4.69) is 20.3 Å². The molecule has 0 aliphatic heterocycles. The number of hydrogen-bond donors (Lipinski definition) is 2. The van der Waals surface area contributed by atoms with Gasteiger partial charge in [0.2, 0.25) is 5.91 Å². The second kappa shape index (κ2) is 8.61. The highest BCUT2D eigenvalue weighted by Crippen LogP contribution is 2.21. The standard InChI is InChI=1S/C22H24N4O2/c1-14(2)21(25-19(27)12-17-7-5-4-6-15(17)3)18-13-20(28)26-22(24-18)16-8-10-23-11-9-16/h4-11,13-14,21H,12H2,1-3H3,(H,25,27)(H,24,26,28)/t21-/m1/s1. The number of benzene rings is 1. The van der Waals surface area contributed by atoms with Crippen LogP contribution in [0.3, 0.4) is 0 Å². The van der Waals surface area contributed by atoms with Crippen molar-refractivity contribution < 1.29 is 4.79 Å². The third-order valence-corrected chi connectivity index (χ3v) is 4.63. The third-order valence-electron chi connectivity index (χ3n) is 4.63. The first kappa shape index (κ1) is 19.5. The Hall–Kier alpha value is -3.28. The molecule has 3 aromatic rings. The van der Waals surface area contributed by atoms with Gasteiger partial charge < -0.3 is 10.3 Å². The Balaban J connectivity index is 1.86. The van der Waals surface area contributed by atoms with Gasteiger partial charge in [0.1, 0.15) is 5.82 Å². The number of H-pyrrole nitrogens is 1. The van der Waals surface area contributed by atoms with Crippen molar-refractivity contribution in [2.45, 2.75) is 33.2 Å². The Kier molecular flexibility index (Phi) is 5.99. The van der Waals surface area contributed by atoms with E-state index in [-0.39, 0.29) is 29.8 Å². The highest BCUT2D eigenvalue weighted by molar-refractivity contribution is 5.79. The van der Waals surface area contributed by atoms with Gasteiger partial charge in [-0.2, -0.15) is 0 Å². The number of carbonyl (C=O) groups excluding carboxylic acids is 1. The molecule has 28 heavy (non-hydrogen) atoms. The Morgan fingerprint density at radius 1 is 1.14 bits per heavy atom. The number of rotatable bonds is 6. The maximum absolute atomic E-state index is 12.7. The minimum Gasteiger partial charge on any atom is -0.347 e. The number of aromatic amines is 1. The maximum atomic E-state index is 12.7. The van der Waals surface area contributed by atoms with Gasteiger partial charge in [-0.25, -0.2) is 4.98 Å². The molecule has 6 heteroatoms. The molecular formula is C22H24N4O2. The van der Waals surface area contributed by atoms with Crippen LogP contribution in [0.5, 0.6) is 0 Å². The number of carbonyl (C=O) groups is 1. The average molecular weight is 376 g/mol. The molecule has 3 rings (SSSR count).